The predicted octanol–water partition coefficient (Wildman–Crippen LogP) is -0.849. The van der Waals surface area contributed by atoms with E-state index in [0.29, 0.717) is 6.42 Å². The number of aliphatic hydroxyl groups excluding tert-OH is 4. The number of unbranched alkanes of at least 4 members (excludes halogenated alkanes) is 3. The molecular weight excluding hydrogens is 302 g/mol. The minimum atomic E-state index is -1.28. The van der Waals surface area contributed by atoms with Gasteiger partial charge in [-0.25, -0.2) is 0 Å². The number of aryl methyl sites for hydroxylation is 2. The summed E-state index contributed by atoms with van der Waals surface area (Å²) in [6.07, 6.45) is 2.25. The lowest BCUT2D eigenvalue weighted by Crippen LogP contribution is -2.58. The highest BCUT2D eigenvalue weighted by Crippen LogP contribution is 2.24. The zero-order valence-electron chi connectivity index (χ0n) is 13.5. The van der Waals surface area contributed by atoms with Crippen LogP contribution in [-0.2, 0) is 18.2 Å². The van der Waals surface area contributed by atoms with Gasteiger partial charge in [0.2, 0.25) is 0 Å². The second kappa shape index (κ2) is 8.70. The van der Waals surface area contributed by atoms with Crippen molar-refractivity contribution in [3.05, 3.63) is 11.9 Å². The Kier molecular flexibility index (Phi) is 6.91. The molecule has 1 aliphatic heterocycles. The molecule has 0 radical (unpaired) electrons. The van der Waals surface area contributed by atoms with Crippen molar-refractivity contribution in [3.8, 4) is 0 Å². The van der Waals surface area contributed by atoms with Crippen LogP contribution in [0.25, 0.3) is 0 Å². The molecule has 2 rings (SSSR count). The first kappa shape index (κ1) is 18.3. The average Bonchev–Trinajstić information content (AvgIpc) is 2.95. The Labute approximate surface area is 135 Å². The molecule has 1 saturated heterocycles. The van der Waals surface area contributed by atoms with Crippen LogP contribution in [0.5, 0.6) is 0 Å². The van der Waals surface area contributed by atoms with Crippen LogP contribution < -0.4 is 0 Å². The molecule has 0 bridgehead atoms. The quantitative estimate of drug-likeness (QED) is 0.458. The highest BCUT2D eigenvalue weighted by atomic mass is 16.5. The number of nitrogens with zero attached hydrogens (tertiary/aromatic N) is 3. The maximum atomic E-state index is 9.94. The first-order valence-corrected chi connectivity index (χ1v) is 8.18. The third-order valence-electron chi connectivity index (χ3n) is 4.31. The highest BCUT2D eigenvalue weighted by molar-refractivity contribution is 4.92. The Morgan fingerprint density at radius 3 is 2.39 bits per heavy atom. The first-order chi connectivity index (χ1) is 11.0. The van der Waals surface area contributed by atoms with Crippen molar-refractivity contribution in [1.29, 1.82) is 0 Å². The van der Waals surface area contributed by atoms with E-state index in [1.165, 1.54) is 0 Å². The molecule has 23 heavy (non-hydrogen) atoms. The van der Waals surface area contributed by atoms with Crippen molar-refractivity contribution in [3.63, 3.8) is 0 Å². The molecule has 5 atom stereocenters. The van der Waals surface area contributed by atoms with Crippen LogP contribution in [0.15, 0.2) is 6.20 Å². The van der Waals surface area contributed by atoms with E-state index in [0.717, 1.165) is 37.8 Å². The van der Waals surface area contributed by atoms with Crippen molar-refractivity contribution in [2.45, 2.75) is 69.0 Å². The lowest BCUT2D eigenvalue weighted by molar-refractivity contribution is -0.230. The fraction of sp³-hybridized carbons (Fsp3) is 0.867. The van der Waals surface area contributed by atoms with Gasteiger partial charge in [0, 0.05) is 13.2 Å². The minimum absolute atomic E-state index is 0.375. The van der Waals surface area contributed by atoms with Crippen LogP contribution in [0.4, 0.5) is 0 Å². The molecule has 4 N–H and O–H groups in total. The van der Waals surface area contributed by atoms with Crippen LogP contribution in [0.1, 0.15) is 37.8 Å². The molecule has 0 aliphatic carbocycles. The summed E-state index contributed by atoms with van der Waals surface area (Å²) in [7, 11) is 1.84. The molecule has 2 heterocycles. The largest absolute Gasteiger partial charge is 0.394 e. The molecule has 0 spiro atoms. The monoisotopic (exact) mass is 329 g/mol. The van der Waals surface area contributed by atoms with E-state index in [1.807, 2.05) is 13.2 Å². The van der Waals surface area contributed by atoms with Gasteiger partial charge in [-0.2, -0.15) is 0 Å². The molecule has 1 aromatic rings. The van der Waals surface area contributed by atoms with Gasteiger partial charge in [0.25, 0.3) is 0 Å². The summed E-state index contributed by atoms with van der Waals surface area (Å²) in [5, 5.41) is 46.5. The van der Waals surface area contributed by atoms with Gasteiger partial charge < -0.3 is 25.2 Å². The molecule has 8 heteroatoms. The Morgan fingerprint density at radius 2 is 1.74 bits per heavy atom. The molecule has 5 unspecified atom stereocenters. The molecule has 1 aliphatic rings. The number of rotatable bonds is 8. The van der Waals surface area contributed by atoms with Gasteiger partial charge in [-0.3, -0.25) is 4.68 Å². The third kappa shape index (κ3) is 4.95. The van der Waals surface area contributed by atoms with Crippen LogP contribution >= 0.6 is 0 Å². The fourth-order valence-electron chi connectivity index (χ4n) is 2.93. The Hall–Kier alpha value is -1.06. The number of aromatic nitrogens is 3. The van der Waals surface area contributed by atoms with Gasteiger partial charge in [0.15, 0.2) is 0 Å². The molecule has 0 aromatic carbocycles. The Bertz CT molecular complexity index is 468. The average molecular weight is 329 g/mol. The van der Waals surface area contributed by atoms with Crippen LogP contribution in [0.2, 0.25) is 0 Å². The van der Waals surface area contributed by atoms with E-state index in [4.69, 9.17) is 9.84 Å². The summed E-state index contributed by atoms with van der Waals surface area (Å²) in [6.45, 7) is -0.375. The maximum absolute atomic E-state index is 9.94. The topological polar surface area (TPSA) is 121 Å². The van der Waals surface area contributed by atoms with Gasteiger partial charge in [-0.1, -0.05) is 24.5 Å². The normalized spacial score (nSPS) is 31.4. The maximum Gasteiger partial charge on any atom is 0.111 e. The zero-order chi connectivity index (χ0) is 16.8. The van der Waals surface area contributed by atoms with E-state index in [9.17, 15) is 15.3 Å². The summed E-state index contributed by atoms with van der Waals surface area (Å²) in [5.74, 6) is 0. The van der Waals surface area contributed by atoms with E-state index in [1.54, 1.807) is 4.68 Å². The van der Waals surface area contributed by atoms with Crippen molar-refractivity contribution in [2.24, 2.45) is 7.05 Å². The summed E-state index contributed by atoms with van der Waals surface area (Å²) < 4.78 is 7.17. The van der Waals surface area contributed by atoms with Gasteiger partial charge in [-0.05, 0) is 19.3 Å². The number of hydrogen-bond acceptors (Lipinski definition) is 7. The molecule has 0 amide bonds. The van der Waals surface area contributed by atoms with Crippen molar-refractivity contribution < 1.29 is 25.2 Å². The van der Waals surface area contributed by atoms with Crippen molar-refractivity contribution in [1.82, 2.24) is 15.0 Å². The van der Waals surface area contributed by atoms with Crippen molar-refractivity contribution in [2.75, 3.05) is 6.61 Å². The third-order valence-corrected chi connectivity index (χ3v) is 4.31. The SMILES string of the molecule is Cn1cc(CCCCCCC2OC(CO)C(O)C(O)C2O)nn1. The van der Waals surface area contributed by atoms with E-state index in [2.05, 4.69) is 10.3 Å². The zero-order valence-corrected chi connectivity index (χ0v) is 13.5. The lowest BCUT2D eigenvalue weighted by Gasteiger charge is -2.40. The molecule has 0 saturated carbocycles. The number of hydrogen-bond donors (Lipinski definition) is 4. The van der Waals surface area contributed by atoms with E-state index >= 15 is 0 Å². The first-order valence-electron chi connectivity index (χ1n) is 8.18. The van der Waals surface area contributed by atoms with Crippen molar-refractivity contribution >= 4 is 0 Å². The van der Waals surface area contributed by atoms with Gasteiger partial charge in [0.05, 0.1) is 18.4 Å². The second-order valence-corrected chi connectivity index (χ2v) is 6.20. The Morgan fingerprint density at radius 1 is 1.04 bits per heavy atom. The number of ether oxygens (including phenoxy) is 1. The number of aliphatic hydroxyl groups is 4. The highest BCUT2D eigenvalue weighted by Gasteiger charge is 2.42. The van der Waals surface area contributed by atoms with Crippen LogP contribution in [-0.4, -0.2) is 72.5 Å². The molecule has 132 valence electrons. The lowest BCUT2D eigenvalue weighted by atomic mass is 9.92. The van der Waals surface area contributed by atoms with Gasteiger partial charge >= 0.3 is 0 Å². The summed E-state index contributed by atoms with van der Waals surface area (Å²) in [5.41, 5.74) is 0.987. The molecule has 1 fully saturated rings. The summed E-state index contributed by atoms with van der Waals surface area (Å²) >= 11 is 0. The molecule has 1 aromatic heterocycles. The smallest absolute Gasteiger partial charge is 0.111 e. The van der Waals surface area contributed by atoms with E-state index in [-0.39, 0.29) is 6.61 Å². The minimum Gasteiger partial charge on any atom is -0.394 e. The van der Waals surface area contributed by atoms with Crippen LogP contribution in [0.3, 0.4) is 0 Å². The van der Waals surface area contributed by atoms with Gasteiger partial charge in [-0.15, -0.1) is 5.10 Å². The fourth-order valence-corrected chi connectivity index (χ4v) is 2.93. The second-order valence-electron chi connectivity index (χ2n) is 6.20. The standard InChI is InChI=1S/C15H27N3O5/c1-18-8-10(16-17-18)6-4-2-3-5-7-11-13(20)15(22)14(21)12(9-19)23-11/h8,11-15,19-22H,2-7,9H2,1H3. The Balaban J connectivity index is 1.63. The van der Waals surface area contributed by atoms with E-state index < -0.39 is 30.5 Å². The predicted molar refractivity (Wildman–Crippen MR) is 81.6 cm³/mol. The summed E-state index contributed by atoms with van der Waals surface area (Å²) in [4.78, 5) is 0. The van der Waals surface area contributed by atoms with Gasteiger partial charge in [0.1, 0.15) is 24.4 Å². The van der Waals surface area contributed by atoms with Crippen LogP contribution in [0, 0.1) is 0 Å². The molecular formula is C15H27N3O5. The molecule has 8 nitrogen and oxygen atoms in total. The summed E-state index contributed by atoms with van der Waals surface area (Å²) in [6, 6.07) is 0.